The van der Waals surface area contributed by atoms with Gasteiger partial charge in [0.05, 0.1) is 5.69 Å². The summed E-state index contributed by atoms with van der Waals surface area (Å²) in [5.41, 5.74) is 10.7. The number of rotatable bonds is 6. The molecule has 1 heterocycles. The van der Waals surface area contributed by atoms with E-state index in [-0.39, 0.29) is 0 Å². The van der Waals surface area contributed by atoms with Gasteiger partial charge in [-0.1, -0.05) is 133 Å². The normalized spacial score (nSPS) is 11.2. The highest BCUT2D eigenvalue weighted by molar-refractivity contribution is 7.25. The Balaban J connectivity index is 1.35. The number of benzene rings is 7. The second-order valence-corrected chi connectivity index (χ2v) is 12.1. The summed E-state index contributed by atoms with van der Waals surface area (Å²) >= 11 is 1.86. The monoisotopic (exact) mass is 579 g/mol. The number of hydrogen-bond acceptors (Lipinski definition) is 2. The molecule has 0 atom stereocenters. The predicted molar refractivity (Wildman–Crippen MR) is 190 cm³/mol. The molecule has 7 aromatic carbocycles. The molecular formula is C42H29NS. The topological polar surface area (TPSA) is 3.24 Å². The van der Waals surface area contributed by atoms with Crippen molar-refractivity contribution in [3.8, 4) is 33.4 Å². The molecule has 0 aliphatic carbocycles. The number of anilines is 3. The van der Waals surface area contributed by atoms with Crippen molar-refractivity contribution in [2.75, 3.05) is 4.90 Å². The third kappa shape index (κ3) is 4.86. The van der Waals surface area contributed by atoms with Gasteiger partial charge in [-0.3, -0.25) is 0 Å². The third-order valence-corrected chi connectivity index (χ3v) is 9.42. The third-order valence-electron chi connectivity index (χ3n) is 8.29. The molecule has 0 saturated carbocycles. The molecule has 0 radical (unpaired) electrons. The number of nitrogens with zero attached hydrogens (tertiary/aromatic N) is 1. The quantitative estimate of drug-likeness (QED) is 0.189. The Morgan fingerprint density at radius 2 is 0.795 bits per heavy atom. The van der Waals surface area contributed by atoms with E-state index < -0.39 is 0 Å². The predicted octanol–water partition coefficient (Wildman–Crippen LogP) is 12.5. The average molecular weight is 580 g/mol. The molecule has 0 fully saturated rings. The molecule has 1 nitrogen and oxygen atoms in total. The van der Waals surface area contributed by atoms with Gasteiger partial charge >= 0.3 is 0 Å². The summed E-state index contributed by atoms with van der Waals surface area (Å²) < 4.78 is 2.59. The van der Waals surface area contributed by atoms with E-state index in [2.05, 4.69) is 181 Å². The standard InChI is InChI=1S/C42H29NS/c1-4-12-30(13-5-1)32-20-24-35(25-21-32)43(36-26-22-33(23-27-36)31-14-6-2-7-15-31)40-29-42-39(37-18-10-11-19-41(37)44-42)28-38(40)34-16-8-3-9-17-34/h1-29H. The highest BCUT2D eigenvalue weighted by Gasteiger charge is 2.20. The Labute approximate surface area is 261 Å². The van der Waals surface area contributed by atoms with Gasteiger partial charge in [0.25, 0.3) is 0 Å². The first-order chi connectivity index (χ1) is 21.8. The first-order valence-electron chi connectivity index (χ1n) is 14.9. The summed E-state index contributed by atoms with van der Waals surface area (Å²) in [4.78, 5) is 2.41. The van der Waals surface area contributed by atoms with Crippen molar-refractivity contribution in [2.45, 2.75) is 0 Å². The van der Waals surface area contributed by atoms with E-state index in [1.807, 2.05) is 11.3 Å². The fourth-order valence-electron chi connectivity index (χ4n) is 6.09. The average Bonchev–Trinajstić information content (AvgIpc) is 3.47. The van der Waals surface area contributed by atoms with Crippen LogP contribution >= 0.6 is 11.3 Å². The molecule has 2 heteroatoms. The summed E-state index contributed by atoms with van der Waals surface area (Å²) in [6.07, 6.45) is 0. The lowest BCUT2D eigenvalue weighted by atomic mass is 9.98. The Kier molecular flexibility index (Phi) is 6.75. The number of thiophene rings is 1. The molecule has 0 N–H and O–H groups in total. The van der Waals surface area contributed by atoms with Crippen LogP contribution in [0.15, 0.2) is 176 Å². The second kappa shape index (κ2) is 11.3. The van der Waals surface area contributed by atoms with Crippen LogP contribution in [-0.2, 0) is 0 Å². The number of hydrogen-bond donors (Lipinski definition) is 0. The smallest absolute Gasteiger partial charge is 0.0554 e. The molecule has 0 amide bonds. The lowest BCUT2D eigenvalue weighted by Crippen LogP contribution is -2.11. The maximum Gasteiger partial charge on any atom is 0.0554 e. The van der Waals surface area contributed by atoms with E-state index in [9.17, 15) is 0 Å². The molecule has 0 bridgehead atoms. The van der Waals surface area contributed by atoms with Gasteiger partial charge in [-0.2, -0.15) is 0 Å². The van der Waals surface area contributed by atoms with Crippen LogP contribution in [0.3, 0.4) is 0 Å². The van der Waals surface area contributed by atoms with Gasteiger partial charge in [0.2, 0.25) is 0 Å². The number of fused-ring (bicyclic) bond motifs is 3. The van der Waals surface area contributed by atoms with Crippen LogP contribution in [0.25, 0.3) is 53.6 Å². The molecule has 0 saturated heterocycles. The van der Waals surface area contributed by atoms with Crippen molar-refractivity contribution >= 4 is 48.6 Å². The van der Waals surface area contributed by atoms with Crippen molar-refractivity contribution in [2.24, 2.45) is 0 Å². The maximum absolute atomic E-state index is 2.41. The molecular weight excluding hydrogens is 551 g/mol. The van der Waals surface area contributed by atoms with Crippen LogP contribution in [-0.4, -0.2) is 0 Å². The minimum absolute atomic E-state index is 1.12. The summed E-state index contributed by atoms with van der Waals surface area (Å²) in [7, 11) is 0. The summed E-state index contributed by atoms with van der Waals surface area (Å²) in [5.74, 6) is 0. The second-order valence-electron chi connectivity index (χ2n) is 11.0. The van der Waals surface area contributed by atoms with Gasteiger partial charge in [-0.05, 0) is 70.3 Å². The molecule has 0 spiro atoms. The SMILES string of the molecule is c1ccc(-c2ccc(N(c3ccc(-c4ccccc4)cc3)c3cc4sc5ccccc5c4cc3-c3ccccc3)cc2)cc1. The van der Waals surface area contributed by atoms with Gasteiger partial charge in [0.1, 0.15) is 0 Å². The van der Waals surface area contributed by atoms with E-state index in [1.54, 1.807) is 0 Å². The van der Waals surface area contributed by atoms with Gasteiger partial charge < -0.3 is 4.90 Å². The minimum atomic E-state index is 1.12. The van der Waals surface area contributed by atoms with Gasteiger partial charge in [0, 0.05) is 37.1 Å². The van der Waals surface area contributed by atoms with Crippen LogP contribution in [0.4, 0.5) is 17.1 Å². The zero-order chi connectivity index (χ0) is 29.3. The highest BCUT2D eigenvalue weighted by Crippen LogP contribution is 2.46. The molecule has 8 rings (SSSR count). The lowest BCUT2D eigenvalue weighted by molar-refractivity contribution is 1.29. The van der Waals surface area contributed by atoms with Crippen molar-refractivity contribution < 1.29 is 0 Å². The summed E-state index contributed by atoms with van der Waals surface area (Å²) in [5, 5.41) is 2.61. The molecule has 0 aliphatic rings. The lowest BCUT2D eigenvalue weighted by Gasteiger charge is -2.28. The van der Waals surface area contributed by atoms with Crippen molar-refractivity contribution in [3.63, 3.8) is 0 Å². The van der Waals surface area contributed by atoms with Gasteiger partial charge in [-0.25, -0.2) is 0 Å². The van der Waals surface area contributed by atoms with Crippen LogP contribution in [0.5, 0.6) is 0 Å². The van der Waals surface area contributed by atoms with E-state index in [1.165, 1.54) is 53.6 Å². The first kappa shape index (κ1) is 26.2. The first-order valence-corrected chi connectivity index (χ1v) is 15.8. The van der Waals surface area contributed by atoms with Gasteiger partial charge in [-0.15, -0.1) is 11.3 Å². The van der Waals surface area contributed by atoms with Crippen LogP contribution in [0.1, 0.15) is 0 Å². The molecule has 208 valence electrons. The van der Waals surface area contributed by atoms with Crippen LogP contribution in [0, 0.1) is 0 Å². The van der Waals surface area contributed by atoms with E-state index in [0.717, 1.165) is 17.1 Å². The largest absolute Gasteiger partial charge is 0.310 e. The Bertz CT molecular complexity index is 2100. The van der Waals surface area contributed by atoms with Crippen molar-refractivity contribution in [1.82, 2.24) is 0 Å². The zero-order valence-corrected chi connectivity index (χ0v) is 24.9. The molecule has 0 aliphatic heterocycles. The molecule has 44 heavy (non-hydrogen) atoms. The van der Waals surface area contributed by atoms with E-state index in [0.29, 0.717) is 0 Å². The highest BCUT2D eigenvalue weighted by atomic mass is 32.1. The fourth-order valence-corrected chi connectivity index (χ4v) is 7.21. The Morgan fingerprint density at radius 1 is 0.341 bits per heavy atom. The van der Waals surface area contributed by atoms with Crippen molar-refractivity contribution in [3.05, 3.63) is 176 Å². The Morgan fingerprint density at radius 3 is 1.34 bits per heavy atom. The van der Waals surface area contributed by atoms with E-state index in [4.69, 9.17) is 0 Å². The Hall–Kier alpha value is -5.44. The van der Waals surface area contributed by atoms with Crippen molar-refractivity contribution in [1.29, 1.82) is 0 Å². The summed E-state index contributed by atoms with van der Waals surface area (Å²) in [6.45, 7) is 0. The molecule has 1 aromatic heterocycles. The minimum Gasteiger partial charge on any atom is -0.310 e. The van der Waals surface area contributed by atoms with E-state index >= 15 is 0 Å². The molecule has 0 unspecified atom stereocenters. The molecule has 8 aromatic rings. The van der Waals surface area contributed by atoms with Crippen LogP contribution < -0.4 is 4.90 Å². The fraction of sp³-hybridized carbons (Fsp3) is 0. The summed E-state index contributed by atoms with van der Waals surface area (Å²) in [6, 6.07) is 63.4. The van der Waals surface area contributed by atoms with Crippen LogP contribution in [0.2, 0.25) is 0 Å². The maximum atomic E-state index is 2.41. The van der Waals surface area contributed by atoms with Gasteiger partial charge in [0.15, 0.2) is 0 Å². The zero-order valence-electron chi connectivity index (χ0n) is 24.1.